The van der Waals surface area contributed by atoms with E-state index in [1.54, 1.807) is 0 Å². The molecule has 0 fully saturated rings. The molecule has 0 saturated heterocycles. The van der Waals surface area contributed by atoms with Crippen LogP contribution in [0.15, 0.2) is 39.8 Å². The van der Waals surface area contributed by atoms with Crippen LogP contribution in [0.2, 0.25) is 0 Å². The molecule has 28 heavy (non-hydrogen) atoms. The van der Waals surface area contributed by atoms with Crippen molar-refractivity contribution in [3.05, 3.63) is 34.9 Å². The summed E-state index contributed by atoms with van der Waals surface area (Å²) in [6.07, 6.45) is 0.986. The van der Waals surface area contributed by atoms with Crippen molar-refractivity contribution in [1.29, 1.82) is 0 Å². The third-order valence-corrected chi connectivity index (χ3v) is 5.58. The maximum Gasteiger partial charge on any atom is 0.280 e. The highest BCUT2D eigenvalue weighted by Gasteiger charge is 2.49. The van der Waals surface area contributed by atoms with Crippen molar-refractivity contribution in [3.8, 4) is 0 Å². The second kappa shape index (κ2) is 8.21. The van der Waals surface area contributed by atoms with E-state index in [0.29, 0.717) is 17.1 Å². The number of hydrogen-bond donors (Lipinski definition) is 3. The van der Waals surface area contributed by atoms with Crippen molar-refractivity contribution >= 4 is 43.4 Å². The zero-order valence-corrected chi connectivity index (χ0v) is 17.4. The highest BCUT2D eigenvalue weighted by molar-refractivity contribution is 9.10. The summed E-state index contributed by atoms with van der Waals surface area (Å²) in [7, 11) is -3.81. The third kappa shape index (κ3) is 5.32. The molecular weight excluding hydrogens is 463 g/mol. The van der Waals surface area contributed by atoms with Gasteiger partial charge < -0.3 is 10.6 Å². The number of aromatic nitrogens is 2. The monoisotopic (exact) mass is 481 g/mol. The Hall–Kier alpha value is -1.92. The molecule has 12 heteroatoms. The second-order valence-corrected chi connectivity index (χ2v) is 8.56. The largest absolute Gasteiger partial charge is 0.366 e. The summed E-state index contributed by atoms with van der Waals surface area (Å²) in [5, 5.41) is 10.4. The fraction of sp³-hybridized carbons (Fsp3) is 0.375. The van der Waals surface area contributed by atoms with Gasteiger partial charge in [0.15, 0.2) is 5.67 Å². The van der Waals surface area contributed by atoms with Crippen molar-refractivity contribution in [1.82, 2.24) is 9.97 Å². The molecule has 0 aliphatic heterocycles. The second-order valence-electron chi connectivity index (χ2n) is 6.15. The van der Waals surface area contributed by atoms with E-state index < -0.39 is 28.2 Å². The molecule has 1 aromatic heterocycles. The van der Waals surface area contributed by atoms with Gasteiger partial charge >= 0.3 is 0 Å². The molecule has 2 rings (SSSR count). The first kappa shape index (κ1) is 22.4. The molecule has 1 atom stereocenters. The number of benzene rings is 1. The molecule has 0 aliphatic rings. The molecule has 0 spiro atoms. The quantitative estimate of drug-likeness (QED) is 0.528. The zero-order chi connectivity index (χ0) is 21.2. The van der Waals surface area contributed by atoms with Gasteiger partial charge in [-0.05, 0) is 46.6 Å². The van der Waals surface area contributed by atoms with Gasteiger partial charge in [-0.2, -0.15) is 4.98 Å². The lowest BCUT2D eigenvalue weighted by Crippen LogP contribution is -2.47. The lowest BCUT2D eigenvalue weighted by atomic mass is 9.96. The summed E-state index contributed by atoms with van der Waals surface area (Å²) < 4.78 is 64.4. The Kier molecular flexibility index (Phi) is 6.56. The number of hydrogen-bond acceptors (Lipinski definition) is 6. The van der Waals surface area contributed by atoms with Crippen molar-refractivity contribution in [2.24, 2.45) is 5.14 Å². The van der Waals surface area contributed by atoms with Gasteiger partial charge in [-0.3, -0.25) is 0 Å². The van der Waals surface area contributed by atoms with E-state index in [-0.39, 0.29) is 23.1 Å². The fourth-order valence-corrected chi connectivity index (χ4v) is 3.07. The Morgan fingerprint density at radius 1 is 1.21 bits per heavy atom. The molecule has 1 aromatic carbocycles. The first-order valence-electron chi connectivity index (χ1n) is 8.09. The number of nitrogens with two attached hydrogens (primary N) is 1. The molecule has 7 nitrogen and oxygen atoms in total. The van der Waals surface area contributed by atoms with Crippen LogP contribution in [0, 0.1) is 0 Å². The van der Waals surface area contributed by atoms with E-state index in [1.807, 2.05) is 0 Å². The first-order chi connectivity index (χ1) is 12.9. The molecule has 2 aromatic rings. The Morgan fingerprint density at radius 2 is 1.82 bits per heavy atom. The summed E-state index contributed by atoms with van der Waals surface area (Å²) in [5.74, 6) is -3.31. The number of anilines is 3. The Balaban J connectivity index is 2.17. The van der Waals surface area contributed by atoms with Crippen LogP contribution in [-0.2, 0) is 10.0 Å². The smallest absolute Gasteiger partial charge is 0.280 e. The standard InChI is InChI=1S/C16H19BrF3N5O2S/c1-3-16(20,15(2,18)19)9-23-13-12(17)8-22-14(25-13)24-10-4-6-11(7-5-10)28(21,26)27/h4-8H,3,9H2,1-2H3,(H2,21,26,27)(H2,22,23,24,25). The molecule has 0 saturated carbocycles. The van der Waals surface area contributed by atoms with Gasteiger partial charge in [0.25, 0.3) is 5.92 Å². The maximum atomic E-state index is 14.5. The maximum absolute atomic E-state index is 14.5. The van der Waals surface area contributed by atoms with Crippen molar-refractivity contribution in [2.45, 2.75) is 36.8 Å². The first-order valence-corrected chi connectivity index (χ1v) is 10.4. The molecule has 0 amide bonds. The number of primary sulfonamides is 1. The molecule has 0 radical (unpaired) electrons. The lowest BCUT2D eigenvalue weighted by molar-refractivity contribution is -0.118. The average molecular weight is 482 g/mol. The van der Waals surface area contributed by atoms with Gasteiger partial charge in [0.05, 0.1) is 15.9 Å². The van der Waals surface area contributed by atoms with E-state index >= 15 is 0 Å². The van der Waals surface area contributed by atoms with Crippen LogP contribution in [0.5, 0.6) is 0 Å². The summed E-state index contributed by atoms with van der Waals surface area (Å²) in [6, 6.07) is 5.52. The van der Waals surface area contributed by atoms with E-state index in [4.69, 9.17) is 5.14 Å². The Morgan fingerprint density at radius 3 is 2.32 bits per heavy atom. The topological polar surface area (TPSA) is 110 Å². The molecule has 0 aliphatic carbocycles. The van der Waals surface area contributed by atoms with Gasteiger partial charge in [0, 0.05) is 18.8 Å². The van der Waals surface area contributed by atoms with Gasteiger partial charge in [-0.25, -0.2) is 31.7 Å². The van der Waals surface area contributed by atoms with Crippen LogP contribution < -0.4 is 15.8 Å². The van der Waals surface area contributed by atoms with Gasteiger partial charge in [-0.15, -0.1) is 0 Å². The Labute approximate surface area is 169 Å². The van der Waals surface area contributed by atoms with Gasteiger partial charge in [0.1, 0.15) is 5.82 Å². The minimum absolute atomic E-state index is 0.0588. The lowest BCUT2D eigenvalue weighted by Gasteiger charge is -2.30. The summed E-state index contributed by atoms with van der Waals surface area (Å²) in [4.78, 5) is 8.09. The molecule has 1 unspecified atom stereocenters. The van der Waals surface area contributed by atoms with Crippen molar-refractivity contribution in [2.75, 3.05) is 17.2 Å². The van der Waals surface area contributed by atoms with Crippen LogP contribution in [-0.4, -0.2) is 36.5 Å². The van der Waals surface area contributed by atoms with Crippen LogP contribution in [0.3, 0.4) is 0 Å². The average Bonchev–Trinajstić information content (AvgIpc) is 2.60. The predicted octanol–water partition coefficient (Wildman–Crippen LogP) is 3.82. The van der Waals surface area contributed by atoms with Gasteiger partial charge in [0.2, 0.25) is 16.0 Å². The summed E-state index contributed by atoms with van der Waals surface area (Å²) >= 11 is 3.18. The summed E-state index contributed by atoms with van der Waals surface area (Å²) in [6.45, 7) is 1.22. The van der Waals surface area contributed by atoms with Crippen molar-refractivity contribution in [3.63, 3.8) is 0 Å². The van der Waals surface area contributed by atoms with Crippen LogP contribution in [0.1, 0.15) is 20.3 Å². The number of alkyl halides is 3. The molecule has 154 valence electrons. The minimum atomic E-state index is -3.81. The highest BCUT2D eigenvalue weighted by atomic mass is 79.9. The number of nitrogens with zero attached hydrogens (tertiary/aromatic N) is 2. The van der Waals surface area contributed by atoms with E-state index in [2.05, 4.69) is 36.5 Å². The van der Waals surface area contributed by atoms with Crippen LogP contribution in [0.25, 0.3) is 0 Å². The third-order valence-electron chi connectivity index (χ3n) is 4.07. The number of halogens is 4. The van der Waals surface area contributed by atoms with Crippen LogP contribution in [0.4, 0.5) is 30.6 Å². The zero-order valence-electron chi connectivity index (χ0n) is 15.0. The minimum Gasteiger partial charge on any atom is -0.366 e. The van der Waals surface area contributed by atoms with Gasteiger partial charge in [-0.1, -0.05) is 6.92 Å². The number of sulfonamides is 1. The SMILES string of the molecule is CCC(F)(CNc1nc(Nc2ccc(S(N)(=O)=O)cc2)ncc1Br)C(C)(F)F. The predicted molar refractivity (Wildman–Crippen MR) is 104 cm³/mol. The fourth-order valence-electron chi connectivity index (χ4n) is 2.22. The number of nitrogens with one attached hydrogen (secondary N) is 2. The van der Waals surface area contributed by atoms with E-state index in [9.17, 15) is 21.6 Å². The van der Waals surface area contributed by atoms with E-state index in [1.165, 1.54) is 37.4 Å². The molecule has 0 bridgehead atoms. The molecule has 1 heterocycles. The van der Waals surface area contributed by atoms with E-state index in [0.717, 1.165) is 0 Å². The Bertz CT molecular complexity index is 938. The summed E-state index contributed by atoms with van der Waals surface area (Å²) in [5.41, 5.74) is -2.27. The molecule has 4 N–H and O–H groups in total. The van der Waals surface area contributed by atoms with Crippen molar-refractivity contribution < 1.29 is 21.6 Å². The number of rotatable bonds is 8. The van der Waals surface area contributed by atoms with Crippen LogP contribution >= 0.6 is 15.9 Å². The normalized spacial score (nSPS) is 14.4. The molecular formula is C16H19BrF3N5O2S. The highest BCUT2D eigenvalue weighted by Crippen LogP contribution is 2.35.